The predicted octanol–water partition coefficient (Wildman–Crippen LogP) is 1.93. The van der Waals surface area contributed by atoms with Crippen molar-refractivity contribution in [3.05, 3.63) is 28.7 Å². The molecule has 3 heterocycles. The van der Waals surface area contributed by atoms with Gasteiger partial charge in [-0.25, -0.2) is 15.0 Å². The van der Waals surface area contributed by atoms with Gasteiger partial charge in [0.1, 0.15) is 11.6 Å². The molecule has 0 aromatic carbocycles. The Bertz CT molecular complexity index is 726. The second-order valence-electron chi connectivity index (χ2n) is 6.62. The van der Waals surface area contributed by atoms with Gasteiger partial charge in [0.25, 0.3) is 0 Å². The smallest absolute Gasteiger partial charge is 0.185 e. The molecule has 0 spiro atoms. The summed E-state index contributed by atoms with van der Waals surface area (Å²) in [6.45, 7) is 5.90. The molecule has 1 aliphatic heterocycles. The zero-order chi connectivity index (χ0) is 17.2. The Morgan fingerprint density at radius 2 is 2.08 bits per heavy atom. The molecular weight excluding hydrogens is 338 g/mol. The van der Waals surface area contributed by atoms with Crippen LogP contribution in [0.1, 0.15) is 36.0 Å². The number of aryl methyl sites for hydroxylation is 1. The minimum atomic E-state index is -0.176. The molecule has 2 aromatic heterocycles. The lowest BCUT2D eigenvalue weighted by Gasteiger charge is -2.31. The molecule has 7 nitrogen and oxygen atoms in total. The average molecular weight is 361 g/mol. The summed E-state index contributed by atoms with van der Waals surface area (Å²) in [7, 11) is 0. The van der Waals surface area contributed by atoms with Crippen LogP contribution in [-0.2, 0) is 11.3 Å². The molecule has 1 aliphatic carbocycles. The summed E-state index contributed by atoms with van der Waals surface area (Å²) < 4.78 is 5.39. The Labute approximate surface area is 151 Å². The number of nitrogens with one attached hydrogen (secondary N) is 1. The van der Waals surface area contributed by atoms with Crippen molar-refractivity contribution in [2.45, 2.75) is 38.3 Å². The Morgan fingerprint density at radius 1 is 1.28 bits per heavy atom. The molecule has 2 aromatic rings. The molecule has 0 radical (unpaired) electrons. The second-order valence-corrected chi connectivity index (χ2v) is 7.46. The highest BCUT2D eigenvalue weighted by atomic mass is 32.1. The average Bonchev–Trinajstić information content (AvgIpc) is 3.06. The Kier molecular flexibility index (Phi) is 4.82. The van der Waals surface area contributed by atoms with E-state index in [2.05, 4.69) is 25.6 Å². The van der Waals surface area contributed by atoms with Gasteiger partial charge in [-0.3, -0.25) is 0 Å². The SMILES string of the molecule is Cc1nc(NCc2csc(N3CCOCC3)n2)cc(C2CC(O)C2)n1. The zero-order valence-electron chi connectivity index (χ0n) is 14.3. The third-order valence-electron chi connectivity index (χ3n) is 4.66. The fourth-order valence-electron chi connectivity index (χ4n) is 3.18. The Morgan fingerprint density at radius 3 is 2.84 bits per heavy atom. The minimum Gasteiger partial charge on any atom is -0.393 e. The molecule has 134 valence electrons. The van der Waals surface area contributed by atoms with Crippen LogP contribution in [-0.4, -0.2) is 52.5 Å². The number of aromatic nitrogens is 3. The number of hydrogen-bond donors (Lipinski definition) is 2. The molecule has 0 amide bonds. The summed E-state index contributed by atoms with van der Waals surface area (Å²) in [6, 6.07) is 2.00. The minimum absolute atomic E-state index is 0.176. The maximum absolute atomic E-state index is 9.50. The molecule has 1 saturated heterocycles. The molecule has 8 heteroatoms. The lowest BCUT2D eigenvalue weighted by Crippen LogP contribution is -2.36. The summed E-state index contributed by atoms with van der Waals surface area (Å²) in [5.74, 6) is 1.93. The van der Waals surface area contributed by atoms with E-state index < -0.39 is 0 Å². The van der Waals surface area contributed by atoms with Crippen LogP contribution in [0.3, 0.4) is 0 Å². The third kappa shape index (κ3) is 3.91. The molecule has 0 unspecified atom stereocenters. The summed E-state index contributed by atoms with van der Waals surface area (Å²) >= 11 is 1.67. The largest absolute Gasteiger partial charge is 0.393 e. The quantitative estimate of drug-likeness (QED) is 0.842. The Balaban J connectivity index is 1.39. The van der Waals surface area contributed by atoms with Crippen molar-refractivity contribution in [2.75, 3.05) is 36.5 Å². The van der Waals surface area contributed by atoms with Crippen LogP contribution < -0.4 is 10.2 Å². The van der Waals surface area contributed by atoms with E-state index in [-0.39, 0.29) is 6.10 Å². The lowest BCUT2D eigenvalue weighted by atomic mass is 9.80. The molecule has 0 bridgehead atoms. The standard InChI is InChI=1S/C17H23N5O2S/c1-11-19-15(12-6-14(23)7-12)8-16(20-11)18-9-13-10-25-17(21-13)22-2-4-24-5-3-22/h8,10,12,14,23H,2-7,9H2,1H3,(H,18,19,20). The van der Waals surface area contributed by atoms with Gasteiger partial charge in [0.05, 0.1) is 31.6 Å². The van der Waals surface area contributed by atoms with E-state index in [0.717, 1.165) is 67.3 Å². The number of morpholine rings is 1. The number of aliphatic hydroxyl groups excluding tert-OH is 1. The van der Waals surface area contributed by atoms with Gasteiger partial charge in [-0.05, 0) is 19.8 Å². The molecule has 4 rings (SSSR count). The molecule has 2 aliphatic rings. The normalized spacial score (nSPS) is 23.4. The zero-order valence-corrected chi connectivity index (χ0v) is 15.1. The van der Waals surface area contributed by atoms with Crippen LogP contribution in [0.2, 0.25) is 0 Å². The second kappa shape index (κ2) is 7.23. The van der Waals surface area contributed by atoms with E-state index in [4.69, 9.17) is 9.72 Å². The third-order valence-corrected chi connectivity index (χ3v) is 5.61. The van der Waals surface area contributed by atoms with Crippen molar-refractivity contribution >= 4 is 22.3 Å². The van der Waals surface area contributed by atoms with E-state index in [1.165, 1.54) is 0 Å². The number of ether oxygens (including phenoxy) is 1. The van der Waals surface area contributed by atoms with Gasteiger partial charge >= 0.3 is 0 Å². The van der Waals surface area contributed by atoms with Gasteiger partial charge in [0, 0.05) is 36.1 Å². The summed E-state index contributed by atoms with van der Waals surface area (Å²) in [5.41, 5.74) is 2.04. The van der Waals surface area contributed by atoms with Gasteiger partial charge in [0.2, 0.25) is 0 Å². The van der Waals surface area contributed by atoms with Crippen molar-refractivity contribution in [3.63, 3.8) is 0 Å². The molecule has 1 saturated carbocycles. The molecule has 2 N–H and O–H groups in total. The predicted molar refractivity (Wildman–Crippen MR) is 97.2 cm³/mol. The maximum Gasteiger partial charge on any atom is 0.185 e. The van der Waals surface area contributed by atoms with Crippen molar-refractivity contribution in [3.8, 4) is 0 Å². The van der Waals surface area contributed by atoms with Gasteiger partial charge in [-0.1, -0.05) is 0 Å². The number of nitrogens with zero attached hydrogens (tertiary/aromatic N) is 4. The summed E-state index contributed by atoms with van der Waals surface area (Å²) in [6.07, 6.45) is 1.42. The number of rotatable bonds is 5. The number of hydrogen-bond acceptors (Lipinski definition) is 8. The van der Waals surface area contributed by atoms with E-state index in [1.54, 1.807) is 11.3 Å². The molecule has 25 heavy (non-hydrogen) atoms. The van der Waals surface area contributed by atoms with Crippen molar-refractivity contribution in [1.82, 2.24) is 15.0 Å². The highest BCUT2D eigenvalue weighted by Crippen LogP contribution is 2.36. The van der Waals surface area contributed by atoms with E-state index in [0.29, 0.717) is 12.5 Å². The van der Waals surface area contributed by atoms with Gasteiger partial charge in [-0.15, -0.1) is 11.3 Å². The highest BCUT2D eigenvalue weighted by molar-refractivity contribution is 7.13. The maximum atomic E-state index is 9.50. The van der Waals surface area contributed by atoms with E-state index in [1.807, 2.05) is 13.0 Å². The van der Waals surface area contributed by atoms with Crippen molar-refractivity contribution < 1.29 is 9.84 Å². The fraction of sp³-hybridized carbons (Fsp3) is 0.588. The highest BCUT2D eigenvalue weighted by Gasteiger charge is 2.30. The summed E-state index contributed by atoms with van der Waals surface area (Å²) in [4.78, 5) is 16.0. The van der Waals surface area contributed by atoms with Crippen LogP contribution in [0.4, 0.5) is 10.9 Å². The first kappa shape index (κ1) is 16.7. The first-order valence-corrected chi connectivity index (χ1v) is 9.60. The summed E-state index contributed by atoms with van der Waals surface area (Å²) in [5, 5.41) is 16.0. The van der Waals surface area contributed by atoms with Gasteiger partial charge in [-0.2, -0.15) is 0 Å². The number of aliphatic hydroxyl groups is 1. The lowest BCUT2D eigenvalue weighted by molar-refractivity contribution is 0.0731. The van der Waals surface area contributed by atoms with E-state index in [9.17, 15) is 5.11 Å². The molecule has 2 fully saturated rings. The number of anilines is 2. The molecular formula is C17H23N5O2S. The Hall–Kier alpha value is -1.77. The van der Waals surface area contributed by atoms with Gasteiger partial charge < -0.3 is 20.1 Å². The van der Waals surface area contributed by atoms with Crippen LogP contribution >= 0.6 is 11.3 Å². The van der Waals surface area contributed by atoms with Crippen LogP contribution in [0.15, 0.2) is 11.4 Å². The first-order valence-electron chi connectivity index (χ1n) is 8.72. The van der Waals surface area contributed by atoms with Crippen molar-refractivity contribution in [2.24, 2.45) is 0 Å². The number of thiazole rings is 1. The topological polar surface area (TPSA) is 83.4 Å². The fourth-order valence-corrected chi connectivity index (χ4v) is 4.06. The van der Waals surface area contributed by atoms with Crippen LogP contribution in [0.5, 0.6) is 0 Å². The van der Waals surface area contributed by atoms with Crippen LogP contribution in [0, 0.1) is 6.92 Å². The molecule has 0 atom stereocenters. The van der Waals surface area contributed by atoms with Crippen LogP contribution in [0.25, 0.3) is 0 Å². The van der Waals surface area contributed by atoms with Gasteiger partial charge in [0.15, 0.2) is 5.13 Å². The first-order chi connectivity index (χ1) is 12.2. The monoisotopic (exact) mass is 361 g/mol. The van der Waals surface area contributed by atoms with E-state index >= 15 is 0 Å². The van der Waals surface area contributed by atoms with Crippen molar-refractivity contribution in [1.29, 1.82) is 0 Å².